The van der Waals surface area contributed by atoms with Crippen LogP contribution in [-0.4, -0.2) is 17.9 Å². The zero-order chi connectivity index (χ0) is 13.1. The van der Waals surface area contributed by atoms with Gasteiger partial charge < -0.3 is 15.1 Å². The summed E-state index contributed by atoms with van der Waals surface area (Å²) in [6.45, 7) is 0.322. The third-order valence-electron chi connectivity index (χ3n) is 2.49. The number of carbonyl (C=O) groups excluding carboxylic acids is 1. The molecule has 18 heavy (non-hydrogen) atoms. The van der Waals surface area contributed by atoms with Crippen LogP contribution in [0.5, 0.6) is 0 Å². The highest BCUT2D eigenvalue weighted by atomic mass is 19.1. The summed E-state index contributed by atoms with van der Waals surface area (Å²) >= 11 is 0. The number of anilines is 1. The van der Waals surface area contributed by atoms with Crippen LogP contribution in [-0.2, 0) is 6.54 Å². The molecule has 0 fully saturated rings. The van der Waals surface area contributed by atoms with E-state index in [1.807, 2.05) is 0 Å². The Morgan fingerprint density at radius 2 is 2.22 bits per heavy atom. The Morgan fingerprint density at radius 1 is 1.44 bits per heavy atom. The number of nitrogens with two attached hydrogens (primary N) is 1. The smallest absolute Gasteiger partial charge is 0.254 e. The van der Waals surface area contributed by atoms with Crippen LogP contribution in [0.2, 0.25) is 0 Å². The topological polar surface area (TPSA) is 59.5 Å². The van der Waals surface area contributed by atoms with Gasteiger partial charge in [-0.1, -0.05) is 0 Å². The van der Waals surface area contributed by atoms with E-state index in [-0.39, 0.29) is 17.2 Å². The molecule has 94 valence electrons. The standard InChI is InChI=1S/C13H13FN2O2/c1-16(8-12-3-2-4-18-12)13(17)9-5-10(14)7-11(15)6-9/h2-7H,8,15H2,1H3. The highest BCUT2D eigenvalue weighted by Crippen LogP contribution is 2.14. The van der Waals surface area contributed by atoms with Crippen LogP contribution in [0.4, 0.5) is 10.1 Å². The van der Waals surface area contributed by atoms with E-state index in [9.17, 15) is 9.18 Å². The SMILES string of the molecule is CN(Cc1ccco1)C(=O)c1cc(N)cc(F)c1. The van der Waals surface area contributed by atoms with Crippen molar-refractivity contribution in [3.05, 3.63) is 53.7 Å². The predicted molar refractivity (Wildman–Crippen MR) is 65.3 cm³/mol. The summed E-state index contributed by atoms with van der Waals surface area (Å²) in [5, 5.41) is 0. The predicted octanol–water partition coefficient (Wildman–Crippen LogP) is 2.27. The zero-order valence-corrected chi connectivity index (χ0v) is 9.89. The van der Waals surface area contributed by atoms with Gasteiger partial charge in [0.25, 0.3) is 5.91 Å². The van der Waals surface area contributed by atoms with Crippen molar-refractivity contribution in [2.45, 2.75) is 6.54 Å². The number of nitrogen functional groups attached to an aromatic ring is 1. The van der Waals surface area contributed by atoms with Crippen LogP contribution in [0, 0.1) is 5.82 Å². The molecule has 0 unspecified atom stereocenters. The number of hydrogen-bond acceptors (Lipinski definition) is 3. The first-order chi connectivity index (χ1) is 8.56. The van der Waals surface area contributed by atoms with E-state index in [2.05, 4.69) is 0 Å². The van der Waals surface area contributed by atoms with E-state index in [4.69, 9.17) is 10.2 Å². The summed E-state index contributed by atoms with van der Waals surface area (Å²) in [6.07, 6.45) is 1.54. The molecule has 1 aromatic heterocycles. The molecular weight excluding hydrogens is 235 g/mol. The lowest BCUT2D eigenvalue weighted by Crippen LogP contribution is -2.26. The van der Waals surface area contributed by atoms with Crippen LogP contribution < -0.4 is 5.73 Å². The lowest BCUT2D eigenvalue weighted by atomic mass is 10.1. The molecule has 0 atom stereocenters. The summed E-state index contributed by atoms with van der Waals surface area (Å²) in [4.78, 5) is 13.5. The molecule has 1 heterocycles. The van der Waals surface area contributed by atoms with Crippen molar-refractivity contribution in [3.63, 3.8) is 0 Å². The monoisotopic (exact) mass is 248 g/mol. The number of rotatable bonds is 3. The Kier molecular flexibility index (Phi) is 3.32. The van der Waals surface area contributed by atoms with E-state index in [1.165, 1.54) is 23.3 Å². The van der Waals surface area contributed by atoms with Gasteiger partial charge in [0.1, 0.15) is 11.6 Å². The van der Waals surface area contributed by atoms with Crippen LogP contribution in [0.25, 0.3) is 0 Å². The maximum atomic E-state index is 13.2. The van der Waals surface area contributed by atoms with E-state index in [0.29, 0.717) is 12.3 Å². The van der Waals surface area contributed by atoms with Gasteiger partial charge in [-0.05, 0) is 30.3 Å². The molecule has 1 aromatic carbocycles. The number of nitrogens with zero attached hydrogens (tertiary/aromatic N) is 1. The number of carbonyl (C=O) groups is 1. The molecule has 2 N–H and O–H groups in total. The quantitative estimate of drug-likeness (QED) is 0.848. The number of amides is 1. The summed E-state index contributed by atoms with van der Waals surface area (Å²) in [5.74, 6) is -0.169. The second-order valence-corrected chi connectivity index (χ2v) is 4.01. The summed E-state index contributed by atoms with van der Waals surface area (Å²) in [6, 6.07) is 7.29. The van der Waals surface area contributed by atoms with Gasteiger partial charge in [0, 0.05) is 18.3 Å². The molecule has 0 radical (unpaired) electrons. The van der Waals surface area contributed by atoms with E-state index in [1.54, 1.807) is 19.2 Å². The van der Waals surface area contributed by atoms with Crippen LogP contribution in [0.3, 0.4) is 0 Å². The molecule has 0 bridgehead atoms. The Morgan fingerprint density at radius 3 is 2.83 bits per heavy atom. The maximum Gasteiger partial charge on any atom is 0.254 e. The van der Waals surface area contributed by atoms with Crippen molar-refractivity contribution in [2.24, 2.45) is 0 Å². The molecule has 0 saturated heterocycles. The second-order valence-electron chi connectivity index (χ2n) is 4.01. The highest BCUT2D eigenvalue weighted by molar-refractivity contribution is 5.94. The van der Waals surface area contributed by atoms with E-state index >= 15 is 0 Å². The lowest BCUT2D eigenvalue weighted by molar-refractivity contribution is 0.0775. The largest absolute Gasteiger partial charge is 0.467 e. The van der Waals surface area contributed by atoms with Crippen molar-refractivity contribution in [1.29, 1.82) is 0 Å². The Balaban J connectivity index is 2.15. The molecule has 0 spiro atoms. The maximum absolute atomic E-state index is 13.2. The van der Waals surface area contributed by atoms with Crippen LogP contribution in [0.1, 0.15) is 16.1 Å². The Labute approximate surface area is 104 Å². The molecular formula is C13H13FN2O2. The number of hydrogen-bond donors (Lipinski definition) is 1. The fourth-order valence-electron chi connectivity index (χ4n) is 1.66. The molecule has 0 aliphatic carbocycles. The average Bonchev–Trinajstić information content (AvgIpc) is 2.79. The van der Waals surface area contributed by atoms with Crippen LogP contribution >= 0.6 is 0 Å². The fourth-order valence-corrected chi connectivity index (χ4v) is 1.66. The van der Waals surface area contributed by atoms with Gasteiger partial charge in [-0.25, -0.2) is 4.39 Å². The van der Waals surface area contributed by atoms with Gasteiger partial charge in [0.2, 0.25) is 0 Å². The van der Waals surface area contributed by atoms with Crippen molar-refractivity contribution >= 4 is 11.6 Å². The first kappa shape index (κ1) is 12.2. The Hall–Kier alpha value is -2.30. The van der Waals surface area contributed by atoms with Gasteiger partial charge in [-0.3, -0.25) is 4.79 Å². The van der Waals surface area contributed by atoms with Crippen molar-refractivity contribution in [3.8, 4) is 0 Å². The minimum absolute atomic E-state index is 0.224. The summed E-state index contributed by atoms with van der Waals surface area (Å²) in [5.41, 5.74) is 5.95. The third kappa shape index (κ3) is 2.68. The zero-order valence-electron chi connectivity index (χ0n) is 9.89. The van der Waals surface area contributed by atoms with Gasteiger partial charge in [-0.2, -0.15) is 0 Å². The molecule has 0 saturated carbocycles. The van der Waals surface area contributed by atoms with Gasteiger partial charge >= 0.3 is 0 Å². The minimum atomic E-state index is -0.523. The lowest BCUT2D eigenvalue weighted by Gasteiger charge is -2.16. The number of benzene rings is 1. The minimum Gasteiger partial charge on any atom is -0.467 e. The van der Waals surface area contributed by atoms with Crippen molar-refractivity contribution < 1.29 is 13.6 Å². The molecule has 1 amide bonds. The molecule has 5 heteroatoms. The first-order valence-electron chi connectivity index (χ1n) is 5.40. The number of furan rings is 1. The first-order valence-corrected chi connectivity index (χ1v) is 5.40. The molecule has 4 nitrogen and oxygen atoms in total. The summed E-state index contributed by atoms with van der Waals surface area (Å²) in [7, 11) is 1.62. The average molecular weight is 248 g/mol. The van der Waals surface area contributed by atoms with Gasteiger partial charge in [-0.15, -0.1) is 0 Å². The number of halogens is 1. The third-order valence-corrected chi connectivity index (χ3v) is 2.49. The van der Waals surface area contributed by atoms with E-state index in [0.717, 1.165) is 6.07 Å². The normalized spacial score (nSPS) is 10.3. The highest BCUT2D eigenvalue weighted by Gasteiger charge is 2.14. The fraction of sp³-hybridized carbons (Fsp3) is 0.154. The summed E-state index contributed by atoms with van der Waals surface area (Å²) < 4.78 is 18.3. The Bertz CT molecular complexity index is 532. The van der Waals surface area contributed by atoms with Crippen molar-refractivity contribution in [1.82, 2.24) is 4.90 Å². The van der Waals surface area contributed by atoms with Crippen LogP contribution in [0.15, 0.2) is 41.0 Å². The molecule has 0 aliphatic heterocycles. The second kappa shape index (κ2) is 4.91. The van der Waals surface area contributed by atoms with Gasteiger partial charge in [0.05, 0.1) is 12.8 Å². The van der Waals surface area contributed by atoms with E-state index < -0.39 is 5.82 Å². The molecule has 0 aliphatic rings. The van der Waals surface area contributed by atoms with Crippen molar-refractivity contribution in [2.75, 3.05) is 12.8 Å². The molecule has 2 aromatic rings. The van der Waals surface area contributed by atoms with Gasteiger partial charge in [0.15, 0.2) is 0 Å². The molecule has 2 rings (SSSR count).